The first-order valence-electron chi connectivity index (χ1n) is 7.59. The Morgan fingerprint density at radius 2 is 2.04 bits per heavy atom. The van der Waals surface area contributed by atoms with Crippen LogP contribution in [0.5, 0.6) is 5.75 Å². The fourth-order valence-electron chi connectivity index (χ4n) is 2.02. The largest absolute Gasteiger partial charge is 0.497 e. The summed E-state index contributed by atoms with van der Waals surface area (Å²) in [5.41, 5.74) is -0.0751. The van der Waals surface area contributed by atoms with Crippen LogP contribution in [0.1, 0.15) is 44.4 Å². The van der Waals surface area contributed by atoms with Crippen molar-refractivity contribution in [3.8, 4) is 11.8 Å². The summed E-state index contributed by atoms with van der Waals surface area (Å²) in [7, 11) is 1.47. The van der Waals surface area contributed by atoms with Crippen molar-refractivity contribution in [2.75, 3.05) is 13.7 Å². The molecule has 0 aliphatic carbocycles. The van der Waals surface area contributed by atoms with Crippen molar-refractivity contribution < 1.29 is 24.5 Å². The van der Waals surface area contributed by atoms with Crippen LogP contribution in [0, 0.1) is 11.3 Å². The van der Waals surface area contributed by atoms with E-state index in [2.05, 4.69) is 5.32 Å². The molecule has 2 atom stereocenters. The van der Waals surface area contributed by atoms with Gasteiger partial charge in [0.1, 0.15) is 17.5 Å². The second kappa shape index (κ2) is 8.52. The van der Waals surface area contributed by atoms with E-state index in [4.69, 9.17) is 14.7 Å². The minimum atomic E-state index is -1.27. The fourth-order valence-corrected chi connectivity index (χ4v) is 2.02. The molecule has 0 saturated heterocycles. The molecule has 0 aliphatic rings. The number of nitrogens with one attached hydrogen (secondary N) is 1. The van der Waals surface area contributed by atoms with Crippen molar-refractivity contribution in [2.45, 2.75) is 45.0 Å². The molecule has 0 aromatic heterocycles. The van der Waals surface area contributed by atoms with Crippen molar-refractivity contribution in [1.29, 1.82) is 5.26 Å². The monoisotopic (exact) mass is 336 g/mol. The first-order chi connectivity index (χ1) is 11.2. The number of alkyl carbamates (subject to hydrolysis) is 1. The van der Waals surface area contributed by atoms with Crippen LogP contribution in [0.2, 0.25) is 0 Å². The number of rotatable bonds is 6. The molecule has 0 heterocycles. The highest BCUT2D eigenvalue weighted by molar-refractivity contribution is 5.67. The third kappa shape index (κ3) is 6.07. The molecule has 1 rings (SSSR count). The highest BCUT2D eigenvalue weighted by atomic mass is 16.6. The van der Waals surface area contributed by atoms with E-state index < -0.39 is 23.9 Å². The number of carbonyl (C=O) groups excluding carboxylic acids is 1. The summed E-state index contributed by atoms with van der Waals surface area (Å²) in [4.78, 5) is 11.5. The summed E-state index contributed by atoms with van der Waals surface area (Å²) < 4.78 is 10.1. The maximum atomic E-state index is 11.5. The molecule has 0 spiro atoms. The minimum absolute atomic E-state index is 0.0997. The van der Waals surface area contributed by atoms with Crippen LogP contribution in [0.15, 0.2) is 18.2 Å². The highest BCUT2D eigenvalue weighted by Gasteiger charge is 2.22. The van der Waals surface area contributed by atoms with Crippen molar-refractivity contribution in [1.82, 2.24) is 5.32 Å². The molecule has 1 aromatic carbocycles. The number of amides is 1. The van der Waals surface area contributed by atoms with Gasteiger partial charge in [-0.15, -0.1) is 0 Å². The normalized spacial score (nSPS) is 13.5. The van der Waals surface area contributed by atoms with Crippen LogP contribution >= 0.6 is 0 Å². The van der Waals surface area contributed by atoms with Crippen molar-refractivity contribution in [2.24, 2.45) is 0 Å². The van der Waals surface area contributed by atoms with E-state index in [1.54, 1.807) is 26.8 Å². The van der Waals surface area contributed by atoms with Gasteiger partial charge in [0.25, 0.3) is 0 Å². The second-order valence-corrected chi connectivity index (χ2v) is 6.29. The van der Waals surface area contributed by atoms with E-state index in [0.717, 1.165) is 0 Å². The smallest absolute Gasteiger partial charge is 0.407 e. The molecule has 2 unspecified atom stereocenters. The number of hydrogen-bond donors (Lipinski definition) is 3. The number of aliphatic hydroxyl groups excluding tert-OH is 2. The van der Waals surface area contributed by atoms with Crippen LogP contribution in [-0.4, -0.2) is 41.7 Å². The molecule has 132 valence electrons. The van der Waals surface area contributed by atoms with Crippen molar-refractivity contribution in [3.05, 3.63) is 29.3 Å². The number of nitriles is 1. The molecule has 24 heavy (non-hydrogen) atoms. The summed E-state index contributed by atoms with van der Waals surface area (Å²) in [6.07, 6.45) is -2.92. The van der Waals surface area contributed by atoms with Gasteiger partial charge in [0.05, 0.1) is 24.8 Å². The lowest BCUT2D eigenvalue weighted by molar-refractivity contribution is 0.0121. The molecule has 1 amide bonds. The Kier molecular flexibility index (Phi) is 7.01. The lowest BCUT2D eigenvalue weighted by Crippen LogP contribution is -2.34. The number of hydrogen-bond acceptors (Lipinski definition) is 6. The van der Waals surface area contributed by atoms with Gasteiger partial charge in [-0.1, -0.05) is 0 Å². The van der Waals surface area contributed by atoms with E-state index in [1.807, 2.05) is 6.07 Å². The number of nitrogens with zero attached hydrogens (tertiary/aromatic N) is 1. The van der Waals surface area contributed by atoms with E-state index in [0.29, 0.717) is 5.75 Å². The molecule has 0 radical (unpaired) electrons. The van der Waals surface area contributed by atoms with E-state index in [9.17, 15) is 15.0 Å². The molecule has 0 fully saturated rings. The second-order valence-electron chi connectivity index (χ2n) is 6.29. The first kappa shape index (κ1) is 19.7. The predicted molar refractivity (Wildman–Crippen MR) is 87.5 cm³/mol. The minimum Gasteiger partial charge on any atom is -0.497 e. The molecule has 7 heteroatoms. The summed E-state index contributed by atoms with van der Waals surface area (Å²) in [6, 6.07) is 6.59. The third-order valence-corrected chi connectivity index (χ3v) is 3.17. The maximum absolute atomic E-state index is 11.5. The average molecular weight is 336 g/mol. The molecular formula is C17H24N2O5. The zero-order chi connectivity index (χ0) is 18.3. The van der Waals surface area contributed by atoms with Gasteiger partial charge in [-0.05, 0) is 45.4 Å². The zero-order valence-electron chi connectivity index (χ0n) is 14.4. The SMILES string of the molecule is COc1ccc(C#N)c(C(O)C(O)CCNC(=O)OC(C)(C)C)c1. The number of methoxy groups -OCH3 is 1. The van der Waals surface area contributed by atoms with Crippen LogP contribution in [0.3, 0.4) is 0 Å². The fraction of sp³-hybridized carbons (Fsp3) is 0.529. The highest BCUT2D eigenvalue weighted by Crippen LogP contribution is 2.26. The van der Waals surface area contributed by atoms with E-state index in [1.165, 1.54) is 19.2 Å². The molecular weight excluding hydrogens is 312 g/mol. The number of aliphatic hydroxyl groups is 2. The van der Waals surface area contributed by atoms with Gasteiger partial charge < -0.3 is 25.0 Å². The number of ether oxygens (including phenoxy) is 2. The van der Waals surface area contributed by atoms with Crippen molar-refractivity contribution in [3.63, 3.8) is 0 Å². The van der Waals surface area contributed by atoms with Gasteiger partial charge in [-0.25, -0.2) is 4.79 Å². The lowest BCUT2D eigenvalue weighted by atomic mass is 9.97. The molecule has 1 aromatic rings. The van der Waals surface area contributed by atoms with E-state index >= 15 is 0 Å². The Bertz CT molecular complexity index is 604. The summed E-state index contributed by atoms with van der Waals surface area (Å²) in [5, 5.41) is 32.0. The summed E-state index contributed by atoms with van der Waals surface area (Å²) in [6.45, 7) is 5.37. The average Bonchev–Trinajstić information content (AvgIpc) is 2.51. The van der Waals surface area contributed by atoms with Crippen LogP contribution < -0.4 is 10.1 Å². The third-order valence-electron chi connectivity index (χ3n) is 3.17. The van der Waals surface area contributed by atoms with Crippen LogP contribution in [0.4, 0.5) is 4.79 Å². The standard InChI is InChI=1S/C17H24N2O5/c1-17(2,3)24-16(22)19-8-7-14(20)15(21)13-9-12(23-4)6-5-11(13)10-18/h5-6,9,14-15,20-21H,7-8H2,1-4H3,(H,19,22). The Hall–Kier alpha value is -2.30. The van der Waals surface area contributed by atoms with Gasteiger partial charge in [0.15, 0.2) is 0 Å². The van der Waals surface area contributed by atoms with Crippen LogP contribution in [-0.2, 0) is 4.74 Å². The van der Waals surface area contributed by atoms with Crippen LogP contribution in [0.25, 0.3) is 0 Å². The molecule has 7 nitrogen and oxygen atoms in total. The zero-order valence-corrected chi connectivity index (χ0v) is 14.4. The molecule has 0 saturated carbocycles. The predicted octanol–water partition coefficient (Wildman–Crippen LogP) is 1.88. The summed E-state index contributed by atoms with van der Waals surface area (Å²) in [5.74, 6) is 0.474. The van der Waals surface area contributed by atoms with Gasteiger partial charge >= 0.3 is 6.09 Å². The number of carbonyl (C=O) groups is 1. The first-order valence-corrected chi connectivity index (χ1v) is 7.59. The van der Waals surface area contributed by atoms with E-state index in [-0.39, 0.29) is 24.1 Å². The topological polar surface area (TPSA) is 112 Å². The van der Waals surface area contributed by atoms with Gasteiger partial charge in [0.2, 0.25) is 0 Å². The van der Waals surface area contributed by atoms with Gasteiger partial charge in [-0.3, -0.25) is 0 Å². The van der Waals surface area contributed by atoms with Gasteiger partial charge in [0, 0.05) is 12.1 Å². The molecule has 3 N–H and O–H groups in total. The van der Waals surface area contributed by atoms with Crippen molar-refractivity contribution >= 4 is 6.09 Å². The number of benzene rings is 1. The molecule has 0 aliphatic heterocycles. The molecule has 0 bridgehead atoms. The summed E-state index contributed by atoms with van der Waals surface area (Å²) >= 11 is 0. The quantitative estimate of drug-likeness (QED) is 0.731. The Labute approximate surface area is 141 Å². The Balaban J connectivity index is 2.64. The van der Waals surface area contributed by atoms with Gasteiger partial charge in [-0.2, -0.15) is 5.26 Å². The Morgan fingerprint density at radius 1 is 1.38 bits per heavy atom. The Morgan fingerprint density at radius 3 is 2.58 bits per heavy atom. The lowest BCUT2D eigenvalue weighted by Gasteiger charge is -2.22. The maximum Gasteiger partial charge on any atom is 0.407 e.